The molecule has 2 aromatic heterocycles. The van der Waals surface area contributed by atoms with Gasteiger partial charge in [-0.15, -0.1) is 0 Å². The molecule has 2 unspecified atom stereocenters. The van der Waals surface area contributed by atoms with Gasteiger partial charge in [0.25, 0.3) is 0 Å². The number of hydrogen-bond donors (Lipinski definition) is 4. The van der Waals surface area contributed by atoms with Crippen molar-refractivity contribution in [2.24, 2.45) is 0 Å². The molecule has 3 aromatic rings. The number of aliphatic hydroxyl groups excluding tert-OH is 1. The molecule has 0 saturated carbocycles. The maximum atomic E-state index is 11.1. The number of aliphatic hydroxyl groups is 1. The number of nitrogens with zero attached hydrogens (tertiary/aromatic N) is 2. The number of H-pyrrole nitrogens is 1. The van der Waals surface area contributed by atoms with E-state index < -0.39 is 12.1 Å². The van der Waals surface area contributed by atoms with E-state index in [2.05, 4.69) is 15.4 Å². The lowest BCUT2D eigenvalue weighted by molar-refractivity contribution is -0.0394. The minimum atomic E-state index is -1.20. The Hall–Kier alpha value is -2.26. The highest BCUT2D eigenvalue weighted by Gasteiger charge is 2.23. The van der Waals surface area contributed by atoms with Crippen LogP contribution >= 0.6 is 23.2 Å². The predicted octanol–water partition coefficient (Wildman–Crippen LogP) is 4.21. The Labute approximate surface area is 182 Å². The van der Waals surface area contributed by atoms with E-state index in [1.807, 2.05) is 16.9 Å². The van der Waals surface area contributed by atoms with Gasteiger partial charge in [0.05, 0.1) is 34.4 Å². The number of aromatic amines is 1. The molecule has 0 spiro atoms. The molecule has 160 valence electrons. The highest BCUT2D eigenvalue weighted by molar-refractivity contribution is 6.45. The minimum Gasteiger partial charge on any atom is -0.465 e. The second kappa shape index (κ2) is 8.85. The maximum Gasteiger partial charge on any atom is 0.404 e. The van der Waals surface area contributed by atoms with Crippen molar-refractivity contribution in [1.82, 2.24) is 20.1 Å². The molecule has 1 aliphatic rings. The van der Waals surface area contributed by atoms with E-state index >= 15 is 0 Å². The molecule has 3 heterocycles. The second-order valence-corrected chi connectivity index (χ2v) is 8.11. The summed E-state index contributed by atoms with van der Waals surface area (Å²) in [4.78, 5) is 14.3. The van der Waals surface area contributed by atoms with Gasteiger partial charge < -0.3 is 25.3 Å². The Morgan fingerprint density at radius 1 is 1.40 bits per heavy atom. The molecule has 2 atom stereocenters. The first-order valence-electron chi connectivity index (χ1n) is 9.73. The van der Waals surface area contributed by atoms with Crippen molar-refractivity contribution in [2.75, 3.05) is 13.2 Å². The largest absolute Gasteiger partial charge is 0.465 e. The van der Waals surface area contributed by atoms with E-state index in [1.165, 1.54) is 0 Å². The summed E-state index contributed by atoms with van der Waals surface area (Å²) in [6.45, 7) is 0.371. The quantitative estimate of drug-likeness (QED) is 0.447. The average molecular weight is 453 g/mol. The van der Waals surface area contributed by atoms with Crippen LogP contribution in [-0.2, 0) is 11.2 Å². The molecular formula is C20H22Cl2N4O4. The SMILES string of the molecule is O=C(O)NC(CO)Cc1[nH]c2c(Cl)c(Cl)ccc2c1-c1cnn(C2CCCCO2)c1. The summed E-state index contributed by atoms with van der Waals surface area (Å²) < 4.78 is 7.63. The lowest BCUT2D eigenvalue weighted by Crippen LogP contribution is -2.38. The van der Waals surface area contributed by atoms with Gasteiger partial charge in [-0.1, -0.05) is 29.3 Å². The van der Waals surface area contributed by atoms with E-state index in [1.54, 1.807) is 12.3 Å². The van der Waals surface area contributed by atoms with Crippen LogP contribution in [0.5, 0.6) is 0 Å². The molecule has 1 saturated heterocycles. The van der Waals surface area contributed by atoms with Crippen molar-refractivity contribution in [3.63, 3.8) is 0 Å². The number of carboxylic acid groups (broad SMARTS) is 1. The molecule has 10 heteroatoms. The molecule has 30 heavy (non-hydrogen) atoms. The molecule has 0 radical (unpaired) electrons. The van der Waals surface area contributed by atoms with Gasteiger partial charge in [-0.2, -0.15) is 5.10 Å². The summed E-state index contributed by atoms with van der Waals surface area (Å²) in [5.41, 5.74) is 3.07. The lowest BCUT2D eigenvalue weighted by atomic mass is 10.0. The van der Waals surface area contributed by atoms with Crippen LogP contribution in [0, 0.1) is 0 Å². The molecule has 4 N–H and O–H groups in total. The van der Waals surface area contributed by atoms with Crippen molar-refractivity contribution in [3.8, 4) is 11.1 Å². The number of amides is 1. The number of fused-ring (bicyclic) bond motifs is 1. The highest BCUT2D eigenvalue weighted by atomic mass is 35.5. The van der Waals surface area contributed by atoms with Gasteiger partial charge in [-0.05, 0) is 25.3 Å². The number of halogens is 2. The standard InChI is InChI=1S/C20H22Cl2N4O4/c21-14-5-4-13-17(11-8-23-26(9-11)16-3-1-2-6-30-16)15(25-19(13)18(14)22)7-12(10-27)24-20(28)29/h4-5,8-9,12,16,24-25,27H,1-3,6-7,10H2,(H,28,29). The fourth-order valence-corrected chi connectivity index (χ4v) is 4.25. The maximum absolute atomic E-state index is 11.1. The number of nitrogens with one attached hydrogen (secondary N) is 2. The second-order valence-electron chi connectivity index (χ2n) is 7.33. The van der Waals surface area contributed by atoms with E-state index in [9.17, 15) is 9.90 Å². The van der Waals surface area contributed by atoms with Crippen molar-refractivity contribution in [1.29, 1.82) is 0 Å². The summed E-state index contributed by atoms with van der Waals surface area (Å²) in [5, 5.41) is 27.1. The molecular weight excluding hydrogens is 431 g/mol. The highest BCUT2D eigenvalue weighted by Crippen LogP contribution is 2.39. The topological polar surface area (TPSA) is 112 Å². The van der Waals surface area contributed by atoms with Crippen LogP contribution in [0.4, 0.5) is 4.79 Å². The summed E-state index contributed by atoms with van der Waals surface area (Å²) in [7, 11) is 0. The Bertz CT molecular complexity index is 1060. The van der Waals surface area contributed by atoms with Crippen LogP contribution in [0.2, 0.25) is 10.0 Å². The van der Waals surface area contributed by atoms with Gasteiger partial charge >= 0.3 is 6.09 Å². The van der Waals surface area contributed by atoms with Crippen molar-refractivity contribution < 1.29 is 19.7 Å². The monoisotopic (exact) mass is 452 g/mol. The average Bonchev–Trinajstić information content (AvgIpc) is 3.35. The van der Waals surface area contributed by atoms with Crippen LogP contribution in [0.1, 0.15) is 31.2 Å². The lowest BCUT2D eigenvalue weighted by Gasteiger charge is -2.22. The molecule has 0 bridgehead atoms. The van der Waals surface area contributed by atoms with Gasteiger partial charge in [-0.3, -0.25) is 0 Å². The van der Waals surface area contributed by atoms with Crippen molar-refractivity contribution in [3.05, 3.63) is 40.3 Å². The molecule has 0 aliphatic carbocycles. The van der Waals surface area contributed by atoms with Crippen LogP contribution < -0.4 is 5.32 Å². The Kier molecular flexibility index (Phi) is 6.19. The number of carbonyl (C=O) groups is 1. The summed E-state index contributed by atoms with van der Waals surface area (Å²) >= 11 is 12.6. The van der Waals surface area contributed by atoms with Crippen LogP contribution in [-0.4, -0.2) is 50.3 Å². The zero-order chi connectivity index (χ0) is 21.3. The summed E-state index contributed by atoms with van der Waals surface area (Å²) in [5.74, 6) is 0. The van der Waals surface area contributed by atoms with Crippen molar-refractivity contribution in [2.45, 2.75) is 38.0 Å². The minimum absolute atomic E-state index is 0.0990. The van der Waals surface area contributed by atoms with Gasteiger partial charge in [0.15, 0.2) is 0 Å². The first-order chi connectivity index (χ1) is 14.5. The Morgan fingerprint density at radius 3 is 2.93 bits per heavy atom. The van der Waals surface area contributed by atoms with Gasteiger partial charge in [-0.25, -0.2) is 9.48 Å². The van der Waals surface area contributed by atoms with E-state index in [4.69, 9.17) is 33.0 Å². The Morgan fingerprint density at radius 2 is 2.23 bits per heavy atom. The molecule has 8 nitrogen and oxygen atoms in total. The summed E-state index contributed by atoms with van der Waals surface area (Å²) in [6, 6.07) is 2.91. The predicted molar refractivity (Wildman–Crippen MR) is 114 cm³/mol. The third kappa shape index (κ3) is 4.13. The molecule has 1 aliphatic heterocycles. The zero-order valence-corrected chi connectivity index (χ0v) is 17.6. The van der Waals surface area contributed by atoms with Crippen LogP contribution in [0.25, 0.3) is 22.0 Å². The number of ether oxygens (including phenoxy) is 1. The normalized spacial score (nSPS) is 17.9. The summed E-state index contributed by atoms with van der Waals surface area (Å²) in [6.07, 6.45) is 5.66. The number of rotatable bonds is 6. The van der Waals surface area contributed by atoms with Gasteiger partial charge in [0.1, 0.15) is 6.23 Å². The van der Waals surface area contributed by atoms with E-state index in [-0.39, 0.29) is 19.3 Å². The van der Waals surface area contributed by atoms with Gasteiger partial charge in [0, 0.05) is 41.4 Å². The Balaban J connectivity index is 1.78. The molecule has 4 rings (SSSR count). The zero-order valence-electron chi connectivity index (χ0n) is 16.1. The van der Waals surface area contributed by atoms with Crippen LogP contribution in [0.3, 0.4) is 0 Å². The van der Waals surface area contributed by atoms with E-state index in [0.717, 1.165) is 41.5 Å². The molecule has 1 aromatic carbocycles. The van der Waals surface area contributed by atoms with Gasteiger partial charge in [0.2, 0.25) is 0 Å². The van der Waals surface area contributed by atoms with E-state index in [0.29, 0.717) is 22.2 Å². The fraction of sp³-hybridized carbons (Fsp3) is 0.400. The third-order valence-corrected chi connectivity index (χ3v) is 6.09. The number of hydrogen-bond acceptors (Lipinski definition) is 4. The molecule has 1 amide bonds. The molecule has 1 fully saturated rings. The number of benzene rings is 1. The third-order valence-electron chi connectivity index (χ3n) is 5.28. The first-order valence-corrected chi connectivity index (χ1v) is 10.5. The first kappa shape index (κ1) is 21.0. The van der Waals surface area contributed by atoms with Crippen molar-refractivity contribution >= 4 is 40.2 Å². The van der Waals surface area contributed by atoms with Crippen LogP contribution in [0.15, 0.2) is 24.5 Å². The fourth-order valence-electron chi connectivity index (χ4n) is 3.88. The number of aromatic nitrogens is 3. The smallest absolute Gasteiger partial charge is 0.404 e.